The fourth-order valence-electron chi connectivity index (χ4n) is 3.66. The van der Waals surface area contributed by atoms with Crippen molar-refractivity contribution in [2.75, 3.05) is 18.2 Å². The van der Waals surface area contributed by atoms with Gasteiger partial charge in [0, 0.05) is 29.5 Å². The van der Waals surface area contributed by atoms with Gasteiger partial charge in [0.25, 0.3) is 0 Å². The van der Waals surface area contributed by atoms with E-state index in [1.165, 1.54) is 11.8 Å². The molecule has 0 aliphatic rings. The molecule has 0 bridgehead atoms. The van der Waals surface area contributed by atoms with Crippen molar-refractivity contribution >= 4 is 23.5 Å². The average Bonchev–Trinajstić information content (AvgIpc) is 2.90. The van der Waals surface area contributed by atoms with E-state index in [1.54, 1.807) is 13.3 Å². The van der Waals surface area contributed by atoms with Crippen LogP contribution in [0.25, 0.3) is 22.4 Å². The highest BCUT2D eigenvalue weighted by molar-refractivity contribution is 7.99. The Bertz CT molecular complexity index is 1410. The molecule has 6 nitrogen and oxygen atoms in total. The van der Waals surface area contributed by atoms with E-state index in [2.05, 4.69) is 16.4 Å². The van der Waals surface area contributed by atoms with E-state index in [1.807, 2.05) is 80.6 Å². The molecule has 4 aromatic rings. The Kier molecular flexibility index (Phi) is 7.99. The topological polar surface area (TPSA) is 87.9 Å². The summed E-state index contributed by atoms with van der Waals surface area (Å²) in [5, 5.41) is 13.5. The monoisotopic (exact) mass is 494 g/mol. The first kappa shape index (κ1) is 25.0. The van der Waals surface area contributed by atoms with Gasteiger partial charge in [-0.2, -0.15) is 5.26 Å². The summed E-state index contributed by atoms with van der Waals surface area (Å²) < 4.78 is 5.29. The molecule has 4 rings (SSSR count). The van der Waals surface area contributed by atoms with Gasteiger partial charge in [-0.1, -0.05) is 35.9 Å². The fraction of sp³-hybridized carbons (Fsp3) is 0.172. The Balaban J connectivity index is 1.63. The third kappa shape index (κ3) is 5.91. The highest BCUT2D eigenvalue weighted by Crippen LogP contribution is 2.35. The SMILES string of the molecule is COc1ccc(-c2cc(-c3ccc(C)cc3)c(C#N)c(SCCC(=O)Nc3ncccc3C)n2)cc1. The number of amides is 1. The van der Waals surface area contributed by atoms with Gasteiger partial charge in [0.1, 0.15) is 22.7 Å². The minimum absolute atomic E-state index is 0.132. The second-order valence-corrected chi connectivity index (χ2v) is 9.34. The molecule has 180 valence electrons. The van der Waals surface area contributed by atoms with Crippen molar-refractivity contribution in [3.63, 3.8) is 0 Å². The number of benzene rings is 2. The first-order valence-corrected chi connectivity index (χ1v) is 12.5. The Morgan fingerprint density at radius 2 is 1.78 bits per heavy atom. The summed E-state index contributed by atoms with van der Waals surface area (Å²) in [7, 11) is 1.63. The zero-order valence-corrected chi connectivity index (χ0v) is 21.2. The van der Waals surface area contributed by atoms with Crippen LogP contribution in [0.1, 0.15) is 23.1 Å². The lowest BCUT2D eigenvalue weighted by Gasteiger charge is -2.13. The van der Waals surface area contributed by atoms with Crippen LogP contribution in [0.3, 0.4) is 0 Å². The van der Waals surface area contributed by atoms with Crippen molar-refractivity contribution in [2.24, 2.45) is 0 Å². The average molecular weight is 495 g/mol. The lowest BCUT2D eigenvalue weighted by Crippen LogP contribution is -2.14. The minimum Gasteiger partial charge on any atom is -0.497 e. The van der Waals surface area contributed by atoms with E-state index in [0.717, 1.165) is 39.3 Å². The number of rotatable bonds is 8. The van der Waals surface area contributed by atoms with Gasteiger partial charge in [-0.15, -0.1) is 11.8 Å². The summed E-state index contributed by atoms with van der Waals surface area (Å²) in [4.78, 5) is 21.6. The highest BCUT2D eigenvalue weighted by atomic mass is 32.2. The van der Waals surface area contributed by atoms with Crippen LogP contribution < -0.4 is 10.1 Å². The molecule has 2 heterocycles. The standard InChI is InChI=1S/C29H26N4O2S/c1-19-6-8-21(9-7-19)24-17-26(22-10-12-23(35-3)13-11-22)32-29(25(24)18-30)36-16-14-27(34)33-28-20(2)5-4-15-31-28/h4-13,15,17H,14,16H2,1-3H3,(H,31,33,34). The van der Waals surface area contributed by atoms with Gasteiger partial charge in [-0.3, -0.25) is 4.79 Å². The second-order valence-electron chi connectivity index (χ2n) is 8.26. The quantitative estimate of drug-likeness (QED) is 0.284. The van der Waals surface area contributed by atoms with Crippen LogP contribution in [0.5, 0.6) is 5.75 Å². The first-order chi connectivity index (χ1) is 17.5. The zero-order valence-electron chi connectivity index (χ0n) is 20.4. The minimum atomic E-state index is -0.132. The number of methoxy groups -OCH3 is 1. The van der Waals surface area contributed by atoms with Crippen LogP contribution >= 0.6 is 11.8 Å². The summed E-state index contributed by atoms with van der Waals surface area (Å²) in [5.41, 5.74) is 5.98. The number of hydrogen-bond acceptors (Lipinski definition) is 6. The number of nitrogens with zero attached hydrogens (tertiary/aromatic N) is 3. The third-order valence-corrected chi connectivity index (χ3v) is 6.66. The molecule has 36 heavy (non-hydrogen) atoms. The number of aromatic nitrogens is 2. The lowest BCUT2D eigenvalue weighted by atomic mass is 9.98. The van der Waals surface area contributed by atoms with Crippen molar-refractivity contribution in [1.29, 1.82) is 5.26 Å². The van der Waals surface area contributed by atoms with Crippen LogP contribution in [0.2, 0.25) is 0 Å². The maximum absolute atomic E-state index is 12.5. The molecular formula is C29H26N4O2S. The van der Waals surface area contributed by atoms with E-state index >= 15 is 0 Å². The summed E-state index contributed by atoms with van der Waals surface area (Å²) in [6.07, 6.45) is 1.91. The number of pyridine rings is 2. The first-order valence-electron chi connectivity index (χ1n) is 11.5. The van der Waals surface area contributed by atoms with Gasteiger partial charge in [0.05, 0.1) is 18.4 Å². The smallest absolute Gasteiger partial charge is 0.226 e. The van der Waals surface area contributed by atoms with E-state index < -0.39 is 0 Å². The number of nitriles is 1. The van der Waals surface area contributed by atoms with Crippen LogP contribution in [0.4, 0.5) is 5.82 Å². The molecule has 0 aliphatic heterocycles. The molecule has 0 fully saturated rings. The third-order valence-electron chi connectivity index (χ3n) is 5.68. The largest absolute Gasteiger partial charge is 0.497 e. The lowest BCUT2D eigenvalue weighted by molar-refractivity contribution is -0.115. The highest BCUT2D eigenvalue weighted by Gasteiger charge is 2.17. The van der Waals surface area contributed by atoms with Gasteiger partial charge in [-0.25, -0.2) is 9.97 Å². The molecular weight excluding hydrogens is 468 g/mol. The summed E-state index contributed by atoms with van der Waals surface area (Å²) >= 11 is 1.40. The van der Waals surface area contributed by atoms with Crippen LogP contribution in [0.15, 0.2) is 78.0 Å². The Labute approximate surface area is 215 Å². The van der Waals surface area contributed by atoms with Crippen LogP contribution in [-0.4, -0.2) is 28.7 Å². The van der Waals surface area contributed by atoms with Crippen molar-refractivity contribution in [3.05, 3.63) is 89.6 Å². The van der Waals surface area contributed by atoms with Crippen molar-refractivity contribution in [3.8, 4) is 34.2 Å². The van der Waals surface area contributed by atoms with Gasteiger partial charge >= 0.3 is 0 Å². The molecule has 0 spiro atoms. The number of aryl methyl sites for hydroxylation is 2. The molecule has 0 saturated heterocycles. The molecule has 2 aromatic heterocycles. The van der Waals surface area contributed by atoms with E-state index in [0.29, 0.717) is 22.2 Å². The summed E-state index contributed by atoms with van der Waals surface area (Å²) in [6, 6.07) is 23.8. The Morgan fingerprint density at radius 1 is 1.06 bits per heavy atom. The number of carbonyl (C=O) groups excluding carboxylic acids is 1. The number of hydrogen-bond donors (Lipinski definition) is 1. The molecule has 2 aromatic carbocycles. The van der Waals surface area contributed by atoms with Gasteiger partial charge < -0.3 is 10.1 Å². The molecule has 0 unspecified atom stereocenters. The van der Waals surface area contributed by atoms with E-state index in [9.17, 15) is 10.1 Å². The molecule has 1 amide bonds. The number of carbonyl (C=O) groups is 1. The maximum Gasteiger partial charge on any atom is 0.226 e. The molecule has 0 saturated carbocycles. The second kappa shape index (κ2) is 11.5. The van der Waals surface area contributed by atoms with Gasteiger partial charge in [-0.05, 0) is 61.4 Å². The van der Waals surface area contributed by atoms with Gasteiger partial charge in [0.2, 0.25) is 5.91 Å². The number of anilines is 1. The van der Waals surface area contributed by atoms with Crippen molar-refractivity contribution in [2.45, 2.75) is 25.3 Å². The normalized spacial score (nSPS) is 10.5. The number of nitrogens with one attached hydrogen (secondary N) is 1. The fourth-order valence-corrected chi connectivity index (χ4v) is 4.60. The molecule has 0 aliphatic carbocycles. The summed E-state index contributed by atoms with van der Waals surface area (Å²) in [6.45, 7) is 3.93. The number of thioether (sulfide) groups is 1. The van der Waals surface area contributed by atoms with Crippen LogP contribution in [-0.2, 0) is 4.79 Å². The van der Waals surface area contributed by atoms with E-state index in [-0.39, 0.29) is 12.3 Å². The maximum atomic E-state index is 12.5. The number of ether oxygens (including phenoxy) is 1. The predicted molar refractivity (Wildman–Crippen MR) is 144 cm³/mol. The van der Waals surface area contributed by atoms with E-state index in [4.69, 9.17) is 9.72 Å². The zero-order chi connectivity index (χ0) is 25.5. The molecule has 1 N–H and O–H groups in total. The Morgan fingerprint density at radius 3 is 2.44 bits per heavy atom. The van der Waals surface area contributed by atoms with Crippen LogP contribution in [0, 0.1) is 25.2 Å². The Hall–Kier alpha value is -4.15. The van der Waals surface area contributed by atoms with Crippen molar-refractivity contribution in [1.82, 2.24) is 9.97 Å². The van der Waals surface area contributed by atoms with Gasteiger partial charge in [0.15, 0.2) is 0 Å². The molecule has 7 heteroatoms. The summed E-state index contributed by atoms with van der Waals surface area (Å²) in [5.74, 6) is 1.66. The van der Waals surface area contributed by atoms with Crippen molar-refractivity contribution < 1.29 is 9.53 Å². The predicted octanol–water partition coefficient (Wildman–Crippen LogP) is 6.43. The molecule has 0 atom stereocenters. The molecule has 0 radical (unpaired) electrons.